The highest BCUT2D eigenvalue weighted by molar-refractivity contribution is 5.03. The number of methoxy groups -OCH3 is 1. The molecule has 0 N–H and O–H groups in total. The highest BCUT2D eigenvalue weighted by Crippen LogP contribution is 2.31. The number of fused-ring (bicyclic) bond motifs is 1. The van der Waals surface area contributed by atoms with E-state index in [9.17, 15) is 0 Å². The molecule has 0 bridgehead atoms. The summed E-state index contributed by atoms with van der Waals surface area (Å²) in [7, 11) is 3.79. The summed E-state index contributed by atoms with van der Waals surface area (Å²) in [6.45, 7) is 6.64. The van der Waals surface area contributed by atoms with Crippen molar-refractivity contribution in [3.8, 4) is 0 Å². The molecule has 0 saturated carbocycles. The number of hydrogen-bond acceptors (Lipinski definition) is 4. The Bertz CT molecular complexity index is 473. The number of hydrogen-bond donors (Lipinski definition) is 0. The lowest BCUT2D eigenvalue weighted by Gasteiger charge is -2.45. The third-order valence-electron chi connectivity index (χ3n) is 5.50. The van der Waals surface area contributed by atoms with E-state index < -0.39 is 0 Å². The van der Waals surface area contributed by atoms with Crippen molar-refractivity contribution in [2.24, 2.45) is 13.0 Å². The Balaban J connectivity index is 1.61. The second-order valence-corrected chi connectivity index (χ2v) is 7.25. The van der Waals surface area contributed by atoms with Crippen LogP contribution < -0.4 is 0 Å². The molecule has 0 unspecified atom stereocenters. The van der Waals surface area contributed by atoms with Crippen molar-refractivity contribution < 1.29 is 4.74 Å². The maximum absolute atomic E-state index is 5.34. The Hall–Kier alpha value is -0.910. The van der Waals surface area contributed by atoms with Crippen molar-refractivity contribution in [2.75, 3.05) is 39.9 Å². The summed E-state index contributed by atoms with van der Waals surface area (Å²) in [5, 5.41) is 4.31. The van der Waals surface area contributed by atoms with E-state index in [-0.39, 0.29) is 0 Å². The Kier molecular flexibility index (Phi) is 6.08. The maximum Gasteiger partial charge on any atom is 0.0589 e. The minimum absolute atomic E-state index is 0.807. The molecule has 2 saturated heterocycles. The summed E-state index contributed by atoms with van der Waals surface area (Å²) < 4.78 is 7.23. The van der Waals surface area contributed by atoms with Crippen molar-refractivity contribution >= 4 is 0 Å². The van der Waals surface area contributed by atoms with Gasteiger partial charge in [-0.3, -0.25) is 9.58 Å². The third-order valence-corrected chi connectivity index (χ3v) is 5.50. The lowest BCUT2D eigenvalue weighted by Crippen LogP contribution is -2.51. The normalized spacial score (nSPS) is 25.7. The van der Waals surface area contributed by atoms with Gasteiger partial charge in [-0.05, 0) is 44.7 Å². The number of nitrogens with zero attached hydrogens (tertiary/aromatic N) is 4. The van der Waals surface area contributed by atoms with Crippen LogP contribution in [0.3, 0.4) is 0 Å². The fourth-order valence-electron chi connectivity index (χ4n) is 4.39. The first-order valence-corrected chi connectivity index (χ1v) is 9.19. The summed E-state index contributed by atoms with van der Waals surface area (Å²) in [6.07, 6.45) is 11.1. The molecule has 0 amide bonds. The molecular weight excluding hydrogens is 288 g/mol. The second kappa shape index (κ2) is 8.27. The van der Waals surface area contributed by atoms with Crippen LogP contribution in [0.5, 0.6) is 0 Å². The Morgan fingerprint density at radius 2 is 2.13 bits per heavy atom. The lowest BCUT2D eigenvalue weighted by atomic mass is 9.83. The van der Waals surface area contributed by atoms with E-state index in [1.165, 1.54) is 57.3 Å². The summed E-state index contributed by atoms with van der Waals surface area (Å²) in [4.78, 5) is 5.33. The first-order valence-electron chi connectivity index (χ1n) is 9.19. The van der Waals surface area contributed by atoms with Crippen molar-refractivity contribution in [2.45, 2.75) is 44.7 Å². The van der Waals surface area contributed by atoms with Gasteiger partial charge in [0.2, 0.25) is 0 Å². The van der Waals surface area contributed by atoms with Crippen molar-refractivity contribution in [1.82, 2.24) is 19.6 Å². The minimum atomic E-state index is 0.807. The predicted molar refractivity (Wildman–Crippen MR) is 92.3 cm³/mol. The Morgan fingerprint density at radius 1 is 1.26 bits per heavy atom. The smallest absolute Gasteiger partial charge is 0.0589 e. The molecule has 1 aromatic heterocycles. The van der Waals surface area contributed by atoms with Crippen molar-refractivity contribution in [3.63, 3.8) is 0 Å². The molecule has 1 aromatic rings. The van der Waals surface area contributed by atoms with Gasteiger partial charge in [-0.1, -0.05) is 6.42 Å². The van der Waals surface area contributed by atoms with Crippen LogP contribution in [0.1, 0.15) is 37.7 Å². The quantitative estimate of drug-likeness (QED) is 0.771. The van der Waals surface area contributed by atoms with E-state index in [1.807, 2.05) is 17.9 Å². The molecule has 5 heteroatoms. The zero-order valence-corrected chi connectivity index (χ0v) is 14.8. The first-order chi connectivity index (χ1) is 11.3. The Morgan fingerprint density at radius 3 is 2.91 bits per heavy atom. The number of rotatable bonds is 7. The number of aromatic nitrogens is 2. The highest BCUT2D eigenvalue weighted by Gasteiger charge is 2.33. The largest absolute Gasteiger partial charge is 0.383 e. The van der Waals surface area contributed by atoms with Gasteiger partial charge < -0.3 is 9.64 Å². The van der Waals surface area contributed by atoms with Gasteiger partial charge in [0.05, 0.1) is 12.8 Å². The minimum Gasteiger partial charge on any atom is -0.383 e. The topological polar surface area (TPSA) is 33.5 Å². The van der Waals surface area contributed by atoms with Gasteiger partial charge in [0.1, 0.15) is 0 Å². The van der Waals surface area contributed by atoms with Crippen molar-refractivity contribution in [1.29, 1.82) is 0 Å². The van der Waals surface area contributed by atoms with Gasteiger partial charge in [-0.25, -0.2) is 0 Å². The summed E-state index contributed by atoms with van der Waals surface area (Å²) >= 11 is 0. The molecule has 0 radical (unpaired) electrons. The molecule has 2 aliphatic rings. The van der Waals surface area contributed by atoms with Gasteiger partial charge >= 0.3 is 0 Å². The summed E-state index contributed by atoms with van der Waals surface area (Å²) in [5.74, 6) is 0.817. The number of ether oxygens (including phenoxy) is 1. The predicted octanol–water partition coefficient (Wildman–Crippen LogP) is 2.13. The van der Waals surface area contributed by atoms with Gasteiger partial charge in [0.25, 0.3) is 0 Å². The van der Waals surface area contributed by atoms with Crippen LogP contribution in [-0.2, 0) is 18.3 Å². The average molecular weight is 320 g/mol. The van der Waals surface area contributed by atoms with Gasteiger partial charge in [0, 0.05) is 51.6 Å². The fourth-order valence-corrected chi connectivity index (χ4v) is 4.39. The highest BCUT2D eigenvalue weighted by atomic mass is 16.5. The van der Waals surface area contributed by atoms with E-state index in [2.05, 4.69) is 21.1 Å². The summed E-state index contributed by atoms with van der Waals surface area (Å²) in [6, 6.07) is 0.816. The molecule has 2 atom stereocenters. The standard InChI is InChI=1S/C18H32N4O/c1-20-13-16(12-19-20)14-21(10-11-23-2)15-17-6-5-9-22-8-4-3-7-18(17)22/h12-13,17-18H,3-11,14-15H2,1-2H3/t17-,18+/m0/s1. The van der Waals surface area contributed by atoms with Crippen LogP contribution in [-0.4, -0.2) is 65.5 Å². The van der Waals surface area contributed by atoms with Gasteiger partial charge in [-0.2, -0.15) is 5.10 Å². The Labute approximate surface area is 140 Å². The monoisotopic (exact) mass is 320 g/mol. The average Bonchev–Trinajstić information content (AvgIpc) is 2.98. The maximum atomic E-state index is 5.34. The van der Waals surface area contributed by atoms with Gasteiger partial charge in [0.15, 0.2) is 0 Å². The van der Waals surface area contributed by atoms with Crippen LogP contribution in [0.15, 0.2) is 12.4 Å². The molecule has 0 aromatic carbocycles. The molecule has 0 spiro atoms. The van der Waals surface area contributed by atoms with E-state index in [1.54, 1.807) is 7.11 Å². The van der Waals surface area contributed by atoms with Crippen LogP contribution >= 0.6 is 0 Å². The van der Waals surface area contributed by atoms with E-state index in [0.717, 1.165) is 31.7 Å². The van der Waals surface area contributed by atoms with E-state index >= 15 is 0 Å². The van der Waals surface area contributed by atoms with Crippen LogP contribution in [0.25, 0.3) is 0 Å². The van der Waals surface area contributed by atoms with E-state index in [0.29, 0.717) is 0 Å². The summed E-state index contributed by atoms with van der Waals surface area (Å²) in [5.41, 5.74) is 1.31. The molecule has 5 nitrogen and oxygen atoms in total. The SMILES string of the molecule is COCCN(Cc1cnn(C)c1)C[C@@H]1CCCN2CCCC[C@H]12. The van der Waals surface area contributed by atoms with Crippen molar-refractivity contribution in [3.05, 3.63) is 18.0 Å². The lowest BCUT2D eigenvalue weighted by molar-refractivity contribution is 0.0336. The second-order valence-electron chi connectivity index (χ2n) is 7.25. The van der Waals surface area contributed by atoms with E-state index in [4.69, 9.17) is 4.74 Å². The number of piperidine rings is 2. The molecule has 2 aliphatic heterocycles. The first kappa shape index (κ1) is 16.9. The third kappa shape index (κ3) is 4.55. The molecule has 130 valence electrons. The van der Waals surface area contributed by atoms with Crippen LogP contribution in [0, 0.1) is 5.92 Å². The zero-order valence-electron chi connectivity index (χ0n) is 14.8. The van der Waals surface area contributed by atoms with Gasteiger partial charge in [-0.15, -0.1) is 0 Å². The molecule has 2 fully saturated rings. The fraction of sp³-hybridized carbons (Fsp3) is 0.833. The molecule has 3 rings (SSSR count). The van der Waals surface area contributed by atoms with Crippen LogP contribution in [0.4, 0.5) is 0 Å². The number of aryl methyl sites for hydroxylation is 1. The molecule has 3 heterocycles. The molecule has 0 aliphatic carbocycles. The van der Waals surface area contributed by atoms with Crippen LogP contribution in [0.2, 0.25) is 0 Å². The molecular formula is C18H32N4O. The zero-order chi connectivity index (χ0) is 16.1. The molecule has 23 heavy (non-hydrogen) atoms.